The largest absolute Gasteiger partial charge is 0.497 e. The molecule has 150 valence electrons. The summed E-state index contributed by atoms with van der Waals surface area (Å²) < 4.78 is 45.5. The van der Waals surface area contributed by atoms with Crippen molar-refractivity contribution < 1.29 is 22.3 Å². The van der Waals surface area contributed by atoms with Crippen LogP contribution in [0.25, 0.3) is 0 Å². The van der Waals surface area contributed by atoms with Crippen molar-refractivity contribution in [1.82, 2.24) is 0 Å². The molecule has 0 aliphatic heterocycles. The molecule has 3 aromatic carbocycles. The average molecular weight is 414 g/mol. The number of halogens is 1. The number of carbonyl (C=O) groups excluding carboxylic acids is 1. The van der Waals surface area contributed by atoms with Crippen molar-refractivity contribution in [2.45, 2.75) is 4.90 Å². The Hall–Kier alpha value is -3.39. The van der Waals surface area contributed by atoms with Crippen molar-refractivity contribution in [2.24, 2.45) is 0 Å². The van der Waals surface area contributed by atoms with Crippen molar-refractivity contribution in [3.63, 3.8) is 0 Å². The van der Waals surface area contributed by atoms with Crippen molar-refractivity contribution in [3.8, 4) is 5.75 Å². The number of hydrogen-bond acceptors (Lipinski definition) is 4. The first kappa shape index (κ1) is 20.3. The van der Waals surface area contributed by atoms with E-state index < -0.39 is 21.7 Å². The zero-order chi connectivity index (χ0) is 21.0. The number of hydrogen-bond donors (Lipinski definition) is 1. The van der Waals surface area contributed by atoms with Crippen molar-refractivity contribution >= 4 is 27.3 Å². The van der Waals surface area contributed by atoms with Crippen LogP contribution in [0.4, 0.5) is 15.8 Å². The summed E-state index contributed by atoms with van der Waals surface area (Å²) in [5.41, 5.74) is 0.859. The fourth-order valence-corrected chi connectivity index (χ4v) is 3.90. The lowest BCUT2D eigenvalue weighted by molar-refractivity contribution is 0.102. The molecule has 0 fully saturated rings. The standard InChI is InChI=1S/C21H19FN2O4S/c1-24(18-9-11-19(28-2)12-10-18)29(26,27)20-8-3-5-15(13-20)21(25)23-17-7-4-6-16(22)14-17/h3-14H,1-2H3,(H,23,25). The van der Waals surface area contributed by atoms with Crippen LogP contribution in [-0.4, -0.2) is 28.5 Å². The van der Waals surface area contributed by atoms with Gasteiger partial charge in [-0.05, 0) is 60.7 Å². The molecule has 0 aliphatic rings. The predicted molar refractivity (Wildman–Crippen MR) is 109 cm³/mol. The van der Waals surface area contributed by atoms with E-state index in [-0.39, 0.29) is 16.1 Å². The molecule has 0 aliphatic carbocycles. The molecular weight excluding hydrogens is 395 g/mol. The molecule has 0 atom stereocenters. The maximum Gasteiger partial charge on any atom is 0.264 e. The molecule has 3 aromatic rings. The monoisotopic (exact) mass is 414 g/mol. The summed E-state index contributed by atoms with van der Waals surface area (Å²) in [6.45, 7) is 0. The van der Waals surface area contributed by atoms with Gasteiger partial charge < -0.3 is 10.1 Å². The van der Waals surface area contributed by atoms with E-state index in [0.29, 0.717) is 11.4 Å². The number of sulfonamides is 1. The summed E-state index contributed by atoms with van der Waals surface area (Å²) in [5.74, 6) is -0.421. The first-order valence-corrected chi connectivity index (χ1v) is 10.1. The molecule has 1 amide bonds. The number of benzene rings is 3. The van der Waals surface area contributed by atoms with Crippen LogP contribution in [0.15, 0.2) is 77.7 Å². The number of methoxy groups -OCH3 is 1. The molecule has 8 heteroatoms. The van der Waals surface area contributed by atoms with Gasteiger partial charge in [0.15, 0.2) is 0 Å². The second kappa shape index (κ2) is 8.32. The fourth-order valence-electron chi connectivity index (χ4n) is 2.66. The summed E-state index contributed by atoms with van der Waals surface area (Å²) in [6.07, 6.45) is 0. The zero-order valence-corrected chi connectivity index (χ0v) is 16.6. The number of nitrogens with one attached hydrogen (secondary N) is 1. The quantitative estimate of drug-likeness (QED) is 0.664. The second-order valence-corrected chi connectivity index (χ2v) is 8.13. The van der Waals surface area contributed by atoms with Crippen LogP contribution in [0, 0.1) is 5.82 Å². The minimum absolute atomic E-state index is 0.0392. The highest BCUT2D eigenvalue weighted by Crippen LogP contribution is 2.25. The van der Waals surface area contributed by atoms with Crippen LogP contribution < -0.4 is 14.4 Å². The van der Waals surface area contributed by atoms with Gasteiger partial charge in [0.25, 0.3) is 15.9 Å². The van der Waals surface area contributed by atoms with Gasteiger partial charge in [-0.15, -0.1) is 0 Å². The third-order valence-electron chi connectivity index (χ3n) is 4.27. The molecular formula is C21H19FN2O4S. The Bertz CT molecular complexity index is 1130. The highest BCUT2D eigenvalue weighted by Gasteiger charge is 2.22. The fraction of sp³-hybridized carbons (Fsp3) is 0.0952. The lowest BCUT2D eigenvalue weighted by atomic mass is 10.2. The third-order valence-corrected chi connectivity index (χ3v) is 6.05. The smallest absolute Gasteiger partial charge is 0.264 e. The van der Waals surface area contributed by atoms with E-state index in [0.717, 1.165) is 4.31 Å². The normalized spacial score (nSPS) is 11.0. The van der Waals surface area contributed by atoms with E-state index in [2.05, 4.69) is 5.32 Å². The lowest BCUT2D eigenvalue weighted by Gasteiger charge is -2.20. The molecule has 0 saturated heterocycles. The topological polar surface area (TPSA) is 75.7 Å². The minimum Gasteiger partial charge on any atom is -0.497 e. The Balaban J connectivity index is 1.85. The molecule has 29 heavy (non-hydrogen) atoms. The molecule has 3 rings (SSSR count). The van der Waals surface area contributed by atoms with Gasteiger partial charge in [-0.3, -0.25) is 9.10 Å². The Morgan fingerprint density at radius 1 is 1.00 bits per heavy atom. The summed E-state index contributed by atoms with van der Waals surface area (Å²) in [6, 6.07) is 17.7. The van der Waals surface area contributed by atoms with E-state index in [1.165, 1.54) is 56.6 Å². The molecule has 0 bridgehead atoms. The summed E-state index contributed by atoms with van der Waals surface area (Å²) in [7, 11) is -0.944. The highest BCUT2D eigenvalue weighted by atomic mass is 32.2. The molecule has 0 spiro atoms. The van der Waals surface area contributed by atoms with E-state index in [4.69, 9.17) is 4.74 Å². The van der Waals surface area contributed by atoms with Gasteiger partial charge in [0.05, 0.1) is 17.7 Å². The predicted octanol–water partition coefficient (Wildman–Crippen LogP) is 3.91. The van der Waals surface area contributed by atoms with Gasteiger partial charge in [0.1, 0.15) is 11.6 Å². The molecule has 0 aromatic heterocycles. The Kier molecular flexibility index (Phi) is 5.84. The van der Waals surface area contributed by atoms with E-state index >= 15 is 0 Å². The van der Waals surface area contributed by atoms with Crippen LogP contribution >= 0.6 is 0 Å². The third kappa shape index (κ3) is 4.55. The number of ether oxygens (including phenoxy) is 1. The zero-order valence-electron chi connectivity index (χ0n) is 15.8. The molecule has 0 saturated carbocycles. The number of rotatable bonds is 6. The lowest BCUT2D eigenvalue weighted by Crippen LogP contribution is -2.26. The SMILES string of the molecule is COc1ccc(N(C)S(=O)(=O)c2cccc(C(=O)Nc3cccc(F)c3)c2)cc1. The maximum absolute atomic E-state index is 13.3. The van der Waals surface area contributed by atoms with Gasteiger partial charge >= 0.3 is 0 Å². The van der Waals surface area contributed by atoms with Gasteiger partial charge in [-0.1, -0.05) is 12.1 Å². The van der Waals surface area contributed by atoms with Crippen molar-refractivity contribution in [1.29, 1.82) is 0 Å². The van der Waals surface area contributed by atoms with Gasteiger partial charge in [0, 0.05) is 18.3 Å². The first-order valence-electron chi connectivity index (χ1n) is 8.61. The maximum atomic E-state index is 13.3. The van der Waals surface area contributed by atoms with E-state index in [1.807, 2.05) is 0 Å². The van der Waals surface area contributed by atoms with Crippen LogP contribution in [0.5, 0.6) is 5.75 Å². The van der Waals surface area contributed by atoms with Gasteiger partial charge in [0.2, 0.25) is 0 Å². The minimum atomic E-state index is -3.89. The molecule has 1 N–H and O–H groups in total. The molecule has 0 heterocycles. The summed E-state index contributed by atoms with van der Waals surface area (Å²) in [4.78, 5) is 12.4. The average Bonchev–Trinajstić information content (AvgIpc) is 2.73. The van der Waals surface area contributed by atoms with Crippen molar-refractivity contribution in [2.75, 3.05) is 23.8 Å². The van der Waals surface area contributed by atoms with Crippen LogP contribution in [0.1, 0.15) is 10.4 Å². The first-order chi connectivity index (χ1) is 13.8. The number of nitrogens with zero attached hydrogens (tertiary/aromatic N) is 1. The highest BCUT2D eigenvalue weighted by molar-refractivity contribution is 7.92. The number of carbonyl (C=O) groups is 1. The second-order valence-electron chi connectivity index (χ2n) is 6.16. The van der Waals surface area contributed by atoms with E-state index in [9.17, 15) is 17.6 Å². The summed E-state index contributed by atoms with van der Waals surface area (Å²) >= 11 is 0. The molecule has 6 nitrogen and oxygen atoms in total. The Morgan fingerprint density at radius 2 is 1.69 bits per heavy atom. The van der Waals surface area contributed by atoms with Gasteiger partial charge in [-0.25, -0.2) is 12.8 Å². The Labute approximate surface area is 168 Å². The van der Waals surface area contributed by atoms with Crippen LogP contribution in [0.3, 0.4) is 0 Å². The van der Waals surface area contributed by atoms with E-state index in [1.54, 1.807) is 30.3 Å². The number of anilines is 2. The van der Waals surface area contributed by atoms with Gasteiger partial charge in [-0.2, -0.15) is 0 Å². The van der Waals surface area contributed by atoms with Crippen LogP contribution in [0.2, 0.25) is 0 Å². The summed E-state index contributed by atoms with van der Waals surface area (Å²) in [5, 5.41) is 2.55. The Morgan fingerprint density at radius 3 is 2.34 bits per heavy atom. The molecule has 0 unspecified atom stereocenters. The van der Waals surface area contributed by atoms with Crippen molar-refractivity contribution in [3.05, 3.63) is 84.2 Å². The number of amides is 1. The van der Waals surface area contributed by atoms with Crippen LogP contribution in [-0.2, 0) is 10.0 Å². The molecule has 0 radical (unpaired) electrons.